The van der Waals surface area contributed by atoms with Crippen LogP contribution in [0.1, 0.15) is 86.5 Å². The van der Waals surface area contributed by atoms with Crippen LogP contribution in [0, 0.1) is 23.7 Å². The van der Waals surface area contributed by atoms with Gasteiger partial charge in [0.25, 0.3) is 0 Å². The third kappa shape index (κ3) is 5.57. The highest BCUT2D eigenvalue weighted by Crippen LogP contribution is 2.70. The van der Waals surface area contributed by atoms with Gasteiger partial charge in [0.2, 0.25) is 0 Å². The number of fused-ring (bicyclic) bond motifs is 8. The predicted octanol–water partition coefficient (Wildman–Crippen LogP) is 17.1. The number of benzene rings is 8. The maximum Gasteiger partial charge on any atom is 0.0467 e. The third-order valence-corrected chi connectivity index (χ3v) is 17.6. The molecule has 2 spiro atoms. The smallest absolute Gasteiger partial charge is 0.0467 e. The second kappa shape index (κ2) is 14.5. The molecule has 0 aromatic heterocycles. The SMILES string of the molecule is c1ccc(-c2ccc(N(c3cccc(-c4ccc5c(c4)C4(CCCCC4)c4ccccc4-5)c3)c3cccc(-c4cccc5c4-c4ccccc4[C@]54[C@@H]5CC6C[C@@H](C5)C[C@@H]4C6)c3)cc2)cc1. The summed E-state index contributed by atoms with van der Waals surface area (Å²) in [5.74, 6) is 3.36. The molecule has 8 aromatic carbocycles. The number of hydrogen-bond donors (Lipinski definition) is 0. The zero-order valence-electron chi connectivity index (χ0n) is 37.2. The molecule has 1 heteroatoms. The van der Waals surface area contributed by atoms with E-state index < -0.39 is 0 Å². The first-order chi connectivity index (χ1) is 32.2. The molecule has 5 saturated carbocycles. The second-order valence-electron chi connectivity index (χ2n) is 20.7. The van der Waals surface area contributed by atoms with Crippen molar-refractivity contribution in [2.24, 2.45) is 23.7 Å². The van der Waals surface area contributed by atoms with Gasteiger partial charge in [0.05, 0.1) is 0 Å². The van der Waals surface area contributed by atoms with Gasteiger partial charge in [0.15, 0.2) is 0 Å². The van der Waals surface area contributed by atoms with Crippen molar-refractivity contribution in [3.05, 3.63) is 210 Å². The fourth-order valence-corrected chi connectivity index (χ4v) is 15.3. The highest BCUT2D eigenvalue weighted by molar-refractivity contribution is 5.95. The number of nitrogens with zero attached hydrogens (tertiary/aromatic N) is 1. The van der Waals surface area contributed by atoms with Gasteiger partial charge in [-0.2, -0.15) is 0 Å². The van der Waals surface area contributed by atoms with E-state index in [1.54, 1.807) is 16.7 Å². The molecule has 0 saturated heterocycles. The molecule has 0 unspecified atom stereocenters. The Bertz CT molecular complexity index is 3120. The van der Waals surface area contributed by atoms with E-state index in [1.165, 1.54) is 137 Å². The lowest BCUT2D eigenvalue weighted by Crippen LogP contribution is -2.55. The second-order valence-corrected chi connectivity index (χ2v) is 20.7. The minimum Gasteiger partial charge on any atom is -0.310 e. The summed E-state index contributed by atoms with van der Waals surface area (Å²) in [6.45, 7) is 0. The average Bonchev–Trinajstić information content (AvgIpc) is 3.81. The highest BCUT2D eigenvalue weighted by Gasteiger charge is 2.61. The average molecular weight is 838 g/mol. The van der Waals surface area contributed by atoms with Gasteiger partial charge in [0, 0.05) is 27.9 Å². The lowest BCUT2D eigenvalue weighted by molar-refractivity contribution is -0.0399. The molecule has 0 amide bonds. The third-order valence-electron chi connectivity index (χ3n) is 17.6. The lowest BCUT2D eigenvalue weighted by atomic mass is 9.43. The van der Waals surface area contributed by atoms with Crippen molar-refractivity contribution in [1.82, 2.24) is 0 Å². The van der Waals surface area contributed by atoms with Gasteiger partial charge in [-0.15, -0.1) is 0 Å². The summed E-state index contributed by atoms with van der Waals surface area (Å²) in [5, 5.41) is 0. The van der Waals surface area contributed by atoms with Crippen LogP contribution in [0.25, 0.3) is 55.6 Å². The molecule has 0 aliphatic heterocycles. The summed E-state index contributed by atoms with van der Waals surface area (Å²) >= 11 is 0. The monoisotopic (exact) mass is 837 g/mol. The Morgan fingerprint density at radius 2 is 0.877 bits per heavy atom. The van der Waals surface area contributed by atoms with Crippen molar-refractivity contribution in [3.8, 4) is 55.6 Å². The van der Waals surface area contributed by atoms with Crippen LogP contribution in [0.15, 0.2) is 188 Å². The first-order valence-corrected chi connectivity index (χ1v) is 24.8. The molecule has 15 rings (SSSR count). The van der Waals surface area contributed by atoms with Gasteiger partial charge in [-0.3, -0.25) is 0 Å². The summed E-state index contributed by atoms with van der Waals surface area (Å²) < 4.78 is 0. The van der Waals surface area contributed by atoms with Gasteiger partial charge < -0.3 is 4.90 Å². The van der Waals surface area contributed by atoms with Crippen LogP contribution in [-0.4, -0.2) is 0 Å². The molecule has 5 fully saturated rings. The molecular formula is C64H55N. The van der Waals surface area contributed by atoms with Crippen molar-refractivity contribution in [2.75, 3.05) is 4.90 Å². The Labute approximate surface area is 384 Å². The number of rotatable bonds is 6. The van der Waals surface area contributed by atoms with Crippen LogP contribution in [0.2, 0.25) is 0 Å². The number of anilines is 3. The summed E-state index contributed by atoms with van der Waals surface area (Å²) in [4.78, 5) is 2.49. The molecule has 0 N–H and O–H groups in total. The summed E-state index contributed by atoms with van der Waals surface area (Å²) in [5.41, 5.74) is 23.6. The number of hydrogen-bond acceptors (Lipinski definition) is 1. The Kier molecular flexibility index (Phi) is 8.47. The molecule has 8 aromatic rings. The van der Waals surface area contributed by atoms with Gasteiger partial charge in [-0.1, -0.05) is 165 Å². The van der Waals surface area contributed by atoms with Crippen LogP contribution < -0.4 is 4.90 Å². The molecule has 0 radical (unpaired) electrons. The van der Waals surface area contributed by atoms with E-state index in [0.717, 1.165) is 29.4 Å². The minimum absolute atomic E-state index is 0.124. The fraction of sp³-hybridized carbons (Fsp3) is 0.250. The predicted molar refractivity (Wildman–Crippen MR) is 270 cm³/mol. The Hall–Kier alpha value is -6.44. The van der Waals surface area contributed by atoms with Crippen molar-refractivity contribution in [1.29, 1.82) is 0 Å². The van der Waals surface area contributed by atoms with Gasteiger partial charge >= 0.3 is 0 Å². The maximum atomic E-state index is 2.56. The first-order valence-electron chi connectivity index (χ1n) is 24.8. The van der Waals surface area contributed by atoms with E-state index in [0.29, 0.717) is 0 Å². The van der Waals surface area contributed by atoms with Crippen LogP contribution in [0.3, 0.4) is 0 Å². The maximum absolute atomic E-state index is 2.56. The van der Waals surface area contributed by atoms with E-state index in [1.807, 2.05) is 0 Å². The lowest BCUT2D eigenvalue weighted by Gasteiger charge is -2.61. The Balaban J connectivity index is 0.900. The highest BCUT2D eigenvalue weighted by atomic mass is 15.1. The topological polar surface area (TPSA) is 3.24 Å². The summed E-state index contributed by atoms with van der Waals surface area (Å²) in [6, 6.07) is 72.2. The van der Waals surface area contributed by atoms with Crippen LogP contribution in [0.4, 0.5) is 17.1 Å². The molecule has 65 heavy (non-hydrogen) atoms. The molecule has 7 aliphatic carbocycles. The zero-order chi connectivity index (χ0) is 42.7. The van der Waals surface area contributed by atoms with Crippen molar-refractivity contribution >= 4 is 17.1 Å². The van der Waals surface area contributed by atoms with E-state index in [2.05, 4.69) is 193 Å². The van der Waals surface area contributed by atoms with E-state index in [9.17, 15) is 0 Å². The Morgan fingerprint density at radius 1 is 0.338 bits per heavy atom. The van der Waals surface area contributed by atoms with Crippen LogP contribution in [-0.2, 0) is 10.8 Å². The molecule has 0 heterocycles. The van der Waals surface area contributed by atoms with E-state index >= 15 is 0 Å². The van der Waals surface area contributed by atoms with Gasteiger partial charge in [-0.05, 0) is 189 Å². The standard InChI is InChI=1S/C64H55N/c1-3-14-44(15-4-1)45-26-29-51(30-27-45)65(52-18-11-16-46(39-52)47-28-31-56-55-20-5-7-23-58(55)63(61(56)41-47)32-9-2-10-33-63)53-19-12-17-48(40-53)54-22-13-25-60-62(54)57-21-6-8-24-59(57)64(60)49-35-42-34-43(37-49)38-50(64)36-42/h1,3-8,11-31,39-43,49-50H,2,9-10,32-38H2/t42-,43?,49-,50+,64+. The van der Waals surface area contributed by atoms with E-state index in [4.69, 9.17) is 0 Å². The summed E-state index contributed by atoms with van der Waals surface area (Å²) in [6.07, 6.45) is 13.5. The minimum atomic E-state index is 0.124. The fourth-order valence-electron chi connectivity index (χ4n) is 15.3. The van der Waals surface area contributed by atoms with E-state index in [-0.39, 0.29) is 10.8 Å². The summed E-state index contributed by atoms with van der Waals surface area (Å²) in [7, 11) is 0. The molecule has 4 bridgehead atoms. The molecular weight excluding hydrogens is 783 g/mol. The van der Waals surface area contributed by atoms with Crippen molar-refractivity contribution < 1.29 is 0 Å². The van der Waals surface area contributed by atoms with Crippen molar-refractivity contribution in [3.63, 3.8) is 0 Å². The van der Waals surface area contributed by atoms with Crippen molar-refractivity contribution in [2.45, 2.75) is 75.0 Å². The quantitative estimate of drug-likeness (QED) is 0.161. The van der Waals surface area contributed by atoms with Crippen LogP contribution in [0.5, 0.6) is 0 Å². The normalized spacial score (nSPS) is 23.6. The molecule has 7 aliphatic rings. The molecule has 0 atom stereocenters. The molecule has 1 nitrogen and oxygen atoms in total. The zero-order valence-corrected chi connectivity index (χ0v) is 37.2. The Morgan fingerprint density at radius 3 is 1.63 bits per heavy atom. The molecule has 316 valence electrons. The largest absolute Gasteiger partial charge is 0.310 e. The first kappa shape index (κ1) is 37.9. The van der Waals surface area contributed by atoms with Crippen LogP contribution >= 0.6 is 0 Å². The van der Waals surface area contributed by atoms with Gasteiger partial charge in [-0.25, -0.2) is 0 Å². The van der Waals surface area contributed by atoms with Gasteiger partial charge in [0.1, 0.15) is 0 Å².